The van der Waals surface area contributed by atoms with Crippen molar-refractivity contribution in [2.24, 2.45) is 23.3 Å². The number of aliphatic hydroxyl groups is 1. The lowest BCUT2D eigenvalue weighted by Gasteiger charge is -2.32. The predicted octanol–water partition coefficient (Wildman–Crippen LogP) is 0.151. The number of hydrogen-bond donors (Lipinski definition) is 3. The van der Waals surface area contributed by atoms with Gasteiger partial charge in [0.15, 0.2) is 5.60 Å². The average molecular weight is 230 g/mol. The van der Waals surface area contributed by atoms with Crippen LogP contribution in [-0.4, -0.2) is 22.5 Å². The van der Waals surface area contributed by atoms with Gasteiger partial charge < -0.3 is 16.6 Å². The third-order valence-electron chi connectivity index (χ3n) is 2.64. The summed E-state index contributed by atoms with van der Waals surface area (Å²) < 4.78 is 0. The summed E-state index contributed by atoms with van der Waals surface area (Å²) in [6.07, 6.45) is 1.17. The average Bonchev–Trinajstić information content (AvgIpc) is 2.11. The van der Waals surface area contributed by atoms with E-state index in [1.54, 1.807) is 0 Å². The van der Waals surface area contributed by atoms with Crippen LogP contribution < -0.4 is 11.5 Å². The molecule has 0 heterocycles. The van der Waals surface area contributed by atoms with Gasteiger partial charge >= 0.3 is 0 Å². The molecule has 16 heavy (non-hydrogen) atoms. The molecule has 5 nitrogen and oxygen atoms in total. The molecule has 2 amide bonds. The Labute approximate surface area is 96.2 Å². The third-order valence-corrected chi connectivity index (χ3v) is 2.64. The highest BCUT2D eigenvalue weighted by Gasteiger charge is 2.45. The lowest BCUT2D eigenvalue weighted by molar-refractivity contribution is -0.152. The predicted molar refractivity (Wildman–Crippen MR) is 61.2 cm³/mol. The minimum absolute atomic E-state index is 0.0520. The Morgan fingerprint density at radius 3 is 2.06 bits per heavy atom. The minimum atomic E-state index is -1.82. The van der Waals surface area contributed by atoms with Crippen molar-refractivity contribution in [3.8, 4) is 0 Å². The standard InChI is InChI=1S/C11H22N2O3/c1-4-5-8(9(12)14)11(16,10(13)15)6-7(2)3/h7-8,16H,4-6H2,1-3H3,(H2,12,14)(H2,13,15). The van der Waals surface area contributed by atoms with Gasteiger partial charge in [-0.15, -0.1) is 0 Å². The highest BCUT2D eigenvalue weighted by Crippen LogP contribution is 2.28. The molecule has 2 unspecified atom stereocenters. The Morgan fingerprint density at radius 2 is 1.81 bits per heavy atom. The van der Waals surface area contributed by atoms with E-state index < -0.39 is 23.3 Å². The summed E-state index contributed by atoms with van der Waals surface area (Å²) in [4.78, 5) is 22.6. The zero-order chi connectivity index (χ0) is 12.9. The fourth-order valence-corrected chi connectivity index (χ4v) is 1.94. The molecule has 0 saturated heterocycles. The normalized spacial score (nSPS) is 16.8. The first kappa shape index (κ1) is 14.9. The molecule has 0 rings (SSSR count). The van der Waals surface area contributed by atoms with E-state index in [1.165, 1.54) is 0 Å². The zero-order valence-electron chi connectivity index (χ0n) is 10.2. The number of carbonyl (C=O) groups is 2. The monoisotopic (exact) mass is 230 g/mol. The van der Waals surface area contributed by atoms with Gasteiger partial charge in [-0.2, -0.15) is 0 Å². The first-order valence-corrected chi connectivity index (χ1v) is 5.57. The molecular weight excluding hydrogens is 208 g/mol. The van der Waals surface area contributed by atoms with Crippen molar-refractivity contribution in [2.45, 2.75) is 45.6 Å². The molecule has 2 atom stereocenters. The lowest BCUT2D eigenvalue weighted by Crippen LogP contribution is -2.55. The van der Waals surface area contributed by atoms with Gasteiger partial charge in [-0.25, -0.2) is 0 Å². The zero-order valence-corrected chi connectivity index (χ0v) is 10.2. The van der Waals surface area contributed by atoms with Gasteiger partial charge in [-0.3, -0.25) is 9.59 Å². The Balaban J connectivity index is 5.11. The smallest absolute Gasteiger partial charge is 0.250 e. The van der Waals surface area contributed by atoms with E-state index >= 15 is 0 Å². The van der Waals surface area contributed by atoms with Gasteiger partial charge in [-0.1, -0.05) is 27.2 Å². The summed E-state index contributed by atoms with van der Waals surface area (Å²) in [5.41, 5.74) is 8.58. The number of rotatable bonds is 7. The van der Waals surface area contributed by atoms with Gasteiger partial charge in [0.1, 0.15) is 0 Å². The van der Waals surface area contributed by atoms with Gasteiger partial charge in [0.2, 0.25) is 11.8 Å². The van der Waals surface area contributed by atoms with Crippen LogP contribution >= 0.6 is 0 Å². The Bertz CT molecular complexity index is 266. The van der Waals surface area contributed by atoms with Crippen LogP contribution in [-0.2, 0) is 9.59 Å². The fraction of sp³-hybridized carbons (Fsp3) is 0.818. The Kier molecular flexibility index (Phi) is 5.44. The summed E-state index contributed by atoms with van der Waals surface area (Å²) in [6, 6.07) is 0. The highest BCUT2D eigenvalue weighted by molar-refractivity contribution is 5.91. The molecule has 0 spiro atoms. The molecule has 0 aliphatic rings. The van der Waals surface area contributed by atoms with Gasteiger partial charge in [-0.05, 0) is 18.8 Å². The molecule has 0 aromatic heterocycles. The summed E-state index contributed by atoms with van der Waals surface area (Å²) in [7, 11) is 0. The second-order valence-electron chi connectivity index (χ2n) is 4.63. The van der Waals surface area contributed by atoms with Crippen LogP contribution in [0.3, 0.4) is 0 Å². The topological polar surface area (TPSA) is 106 Å². The highest BCUT2D eigenvalue weighted by atomic mass is 16.3. The second-order valence-corrected chi connectivity index (χ2v) is 4.63. The number of hydrogen-bond acceptors (Lipinski definition) is 3. The maximum absolute atomic E-state index is 11.3. The van der Waals surface area contributed by atoms with Crippen LogP contribution in [0.25, 0.3) is 0 Å². The quantitative estimate of drug-likeness (QED) is 0.579. The van der Waals surface area contributed by atoms with E-state index in [0.29, 0.717) is 12.8 Å². The number of amides is 2. The van der Waals surface area contributed by atoms with Crippen LogP contribution in [0.2, 0.25) is 0 Å². The SMILES string of the molecule is CCCC(C(N)=O)C(O)(CC(C)C)C(N)=O. The summed E-state index contributed by atoms with van der Waals surface area (Å²) >= 11 is 0. The fourth-order valence-electron chi connectivity index (χ4n) is 1.94. The molecule has 0 aromatic rings. The van der Waals surface area contributed by atoms with Gasteiger partial charge in [0, 0.05) is 0 Å². The van der Waals surface area contributed by atoms with Crippen molar-refractivity contribution in [3.05, 3.63) is 0 Å². The molecule has 0 aromatic carbocycles. The lowest BCUT2D eigenvalue weighted by atomic mass is 9.77. The van der Waals surface area contributed by atoms with Crippen LogP contribution in [0, 0.1) is 11.8 Å². The number of nitrogens with two attached hydrogens (primary N) is 2. The first-order chi connectivity index (χ1) is 7.25. The molecule has 5 heteroatoms. The van der Waals surface area contributed by atoms with Gasteiger partial charge in [0.05, 0.1) is 5.92 Å². The van der Waals surface area contributed by atoms with Gasteiger partial charge in [0.25, 0.3) is 0 Å². The Morgan fingerprint density at radius 1 is 1.31 bits per heavy atom. The summed E-state index contributed by atoms with van der Waals surface area (Å²) in [6.45, 7) is 5.54. The van der Waals surface area contributed by atoms with Crippen molar-refractivity contribution in [3.63, 3.8) is 0 Å². The van der Waals surface area contributed by atoms with Crippen LogP contribution in [0.1, 0.15) is 40.0 Å². The third kappa shape index (κ3) is 3.48. The van der Waals surface area contributed by atoms with E-state index in [4.69, 9.17) is 11.5 Å². The molecular formula is C11H22N2O3. The van der Waals surface area contributed by atoms with E-state index in [-0.39, 0.29) is 12.3 Å². The van der Waals surface area contributed by atoms with Crippen LogP contribution in [0.5, 0.6) is 0 Å². The van der Waals surface area contributed by atoms with E-state index in [1.807, 2.05) is 20.8 Å². The molecule has 0 radical (unpaired) electrons. The van der Waals surface area contributed by atoms with Crippen molar-refractivity contribution in [1.82, 2.24) is 0 Å². The number of carbonyl (C=O) groups excluding carboxylic acids is 2. The molecule has 0 saturated carbocycles. The van der Waals surface area contributed by atoms with E-state index in [0.717, 1.165) is 0 Å². The van der Waals surface area contributed by atoms with Crippen LogP contribution in [0.15, 0.2) is 0 Å². The summed E-state index contributed by atoms with van der Waals surface area (Å²) in [5.74, 6) is -2.41. The molecule has 0 fully saturated rings. The van der Waals surface area contributed by atoms with Crippen molar-refractivity contribution < 1.29 is 14.7 Å². The molecule has 5 N–H and O–H groups in total. The summed E-state index contributed by atoms with van der Waals surface area (Å²) in [5, 5.41) is 10.2. The maximum atomic E-state index is 11.3. The van der Waals surface area contributed by atoms with Crippen LogP contribution in [0.4, 0.5) is 0 Å². The minimum Gasteiger partial charge on any atom is -0.379 e. The molecule has 0 aliphatic heterocycles. The maximum Gasteiger partial charge on any atom is 0.250 e. The van der Waals surface area contributed by atoms with Crippen molar-refractivity contribution in [1.29, 1.82) is 0 Å². The largest absolute Gasteiger partial charge is 0.379 e. The second kappa shape index (κ2) is 5.84. The first-order valence-electron chi connectivity index (χ1n) is 5.57. The van der Waals surface area contributed by atoms with E-state index in [2.05, 4.69) is 0 Å². The van der Waals surface area contributed by atoms with Crippen molar-refractivity contribution in [2.75, 3.05) is 0 Å². The Hall–Kier alpha value is -1.10. The number of primary amides is 2. The molecule has 0 bridgehead atoms. The molecule has 94 valence electrons. The van der Waals surface area contributed by atoms with E-state index in [9.17, 15) is 14.7 Å². The molecule has 0 aliphatic carbocycles. The van der Waals surface area contributed by atoms with Crippen molar-refractivity contribution >= 4 is 11.8 Å².